The zero-order valence-electron chi connectivity index (χ0n) is 15.3. The van der Waals surface area contributed by atoms with E-state index in [1.807, 2.05) is 0 Å². The van der Waals surface area contributed by atoms with Gasteiger partial charge in [-0.2, -0.15) is 5.10 Å². The second kappa shape index (κ2) is 7.15. The van der Waals surface area contributed by atoms with Gasteiger partial charge in [-0.1, -0.05) is 6.07 Å². The van der Waals surface area contributed by atoms with Gasteiger partial charge in [0, 0.05) is 18.0 Å². The molecule has 2 N–H and O–H groups in total. The molecule has 0 unspecified atom stereocenters. The first-order valence-electron chi connectivity index (χ1n) is 8.44. The van der Waals surface area contributed by atoms with Crippen molar-refractivity contribution in [3.8, 4) is 11.1 Å². The Balaban J connectivity index is 1.98. The van der Waals surface area contributed by atoms with E-state index >= 15 is 0 Å². The third-order valence-corrected chi connectivity index (χ3v) is 5.43. The predicted molar refractivity (Wildman–Crippen MR) is 103 cm³/mol. The van der Waals surface area contributed by atoms with Crippen molar-refractivity contribution in [2.45, 2.75) is 19.5 Å². The van der Waals surface area contributed by atoms with Crippen LogP contribution in [0.5, 0.6) is 0 Å². The highest BCUT2D eigenvalue weighted by molar-refractivity contribution is 7.90. The molecule has 0 spiro atoms. The number of hydrogen-bond acceptors (Lipinski definition) is 5. The fourth-order valence-electron chi connectivity index (χ4n) is 3.17. The summed E-state index contributed by atoms with van der Waals surface area (Å²) in [6, 6.07) is 4.33. The van der Waals surface area contributed by atoms with E-state index < -0.39 is 28.1 Å². The molecule has 1 aromatic carbocycles. The van der Waals surface area contributed by atoms with Crippen LogP contribution in [-0.4, -0.2) is 65.2 Å². The van der Waals surface area contributed by atoms with Gasteiger partial charge < -0.3 is 10.2 Å². The summed E-state index contributed by atoms with van der Waals surface area (Å²) in [6.07, 6.45) is 2.05. The summed E-state index contributed by atoms with van der Waals surface area (Å²) in [5.74, 6) is -0.0451. The fraction of sp³-hybridized carbons (Fsp3) is 0.353. The number of benzene rings is 1. The van der Waals surface area contributed by atoms with Crippen molar-refractivity contribution in [3.63, 3.8) is 0 Å². The van der Waals surface area contributed by atoms with Crippen molar-refractivity contribution in [3.05, 3.63) is 30.6 Å². The molecule has 1 aromatic heterocycles. The van der Waals surface area contributed by atoms with E-state index in [9.17, 15) is 28.2 Å². The fourth-order valence-corrected chi connectivity index (χ4v) is 3.69. The average Bonchev–Trinajstić information content (AvgIpc) is 3.06. The quantitative estimate of drug-likeness (QED) is 0.790. The Bertz CT molecular complexity index is 1030. The molecule has 2 heterocycles. The first-order valence-corrected chi connectivity index (χ1v) is 10.5. The molecule has 0 saturated heterocycles. The van der Waals surface area contributed by atoms with Crippen LogP contribution in [-0.2, 0) is 16.4 Å². The van der Waals surface area contributed by atoms with Crippen LogP contribution in [0.25, 0.3) is 11.1 Å². The maximum absolute atomic E-state index is 11.7. The molecular weight excluding hydrogens is 388 g/mol. The third kappa shape index (κ3) is 3.93. The number of aryl methyl sites for hydroxylation is 1. The smallest absolute Gasteiger partial charge is 0.412 e. The van der Waals surface area contributed by atoms with E-state index in [1.165, 1.54) is 4.68 Å². The minimum Gasteiger partial charge on any atom is -0.465 e. The zero-order chi connectivity index (χ0) is 20.6. The van der Waals surface area contributed by atoms with Gasteiger partial charge in [-0.05, 0) is 24.6 Å². The van der Waals surface area contributed by atoms with Crippen molar-refractivity contribution in [1.82, 2.24) is 9.78 Å². The largest absolute Gasteiger partial charge is 0.465 e. The topological polar surface area (TPSA) is 133 Å². The van der Waals surface area contributed by atoms with Gasteiger partial charge in [-0.15, -0.1) is 0 Å². The van der Waals surface area contributed by atoms with Gasteiger partial charge in [0.15, 0.2) is 0 Å². The van der Waals surface area contributed by atoms with E-state index in [0.717, 1.165) is 16.1 Å². The highest BCUT2D eigenvalue weighted by atomic mass is 32.2. The molecule has 0 saturated carbocycles. The molecule has 1 aliphatic heterocycles. The molecule has 0 aliphatic carbocycles. The first kappa shape index (κ1) is 19.7. The lowest BCUT2D eigenvalue weighted by Crippen LogP contribution is -2.51. The van der Waals surface area contributed by atoms with Gasteiger partial charge in [0.25, 0.3) is 0 Å². The molecule has 1 aliphatic rings. The number of rotatable bonds is 4. The van der Waals surface area contributed by atoms with Crippen LogP contribution in [0.2, 0.25) is 0 Å². The predicted octanol–water partition coefficient (Wildman–Crippen LogP) is 1.97. The second-order valence-corrected chi connectivity index (χ2v) is 8.98. The Morgan fingerprint density at radius 3 is 2.50 bits per heavy atom. The van der Waals surface area contributed by atoms with Crippen LogP contribution in [0.1, 0.15) is 6.92 Å². The van der Waals surface area contributed by atoms with Crippen LogP contribution >= 0.6 is 0 Å². The molecule has 10 nitrogen and oxygen atoms in total. The Hall–Kier alpha value is -3.08. The Morgan fingerprint density at radius 1 is 1.18 bits per heavy atom. The molecule has 2 amide bonds. The summed E-state index contributed by atoms with van der Waals surface area (Å²) in [5.41, 5.74) is 1.88. The standard InChI is InChI=1S/C17H20N4O6S/c1-11-9-20(16(22)23)15-7-12(3-4-14(15)21(11)17(24)25)13-8-18-19(10-13)5-6-28(2,26)27/h3-4,7-8,10-11H,5-6,9H2,1-2H3,(H,22,23)(H,24,25)/t11-/m0/s1. The SMILES string of the molecule is C[C@H]1CN(C(=O)O)c2cc(-c3cnn(CCS(C)(=O)=O)c3)ccc2N1C(=O)O. The van der Waals surface area contributed by atoms with E-state index in [4.69, 9.17) is 0 Å². The molecule has 0 bridgehead atoms. The zero-order valence-corrected chi connectivity index (χ0v) is 16.1. The van der Waals surface area contributed by atoms with E-state index in [2.05, 4.69) is 5.10 Å². The Kier molecular flexibility index (Phi) is 5.02. The van der Waals surface area contributed by atoms with Gasteiger partial charge in [-0.3, -0.25) is 14.5 Å². The minimum absolute atomic E-state index is 0.0196. The van der Waals surface area contributed by atoms with Crippen molar-refractivity contribution < 1.29 is 28.2 Å². The van der Waals surface area contributed by atoms with E-state index in [-0.39, 0.29) is 24.5 Å². The van der Waals surface area contributed by atoms with Crippen molar-refractivity contribution >= 4 is 33.4 Å². The summed E-state index contributed by atoms with van der Waals surface area (Å²) in [5, 5.41) is 23.2. The first-order chi connectivity index (χ1) is 13.1. The monoisotopic (exact) mass is 408 g/mol. The molecule has 2 aromatic rings. The maximum Gasteiger partial charge on any atom is 0.412 e. The number of aromatic nitrogens is 2. The average molecular weight is 408 g/mol. The van der Waals surface area contributed by atoms with Gasteiger partial charge in [0.2, 0.25) is 0 Å². The maximum atomic E-state index is 11.7. The van der Waals surface area contributed by atoms with Crippen molar-refractivity contribution in [2.24, 2.45) is 0 Å². The third-order valence-electron chi connectivity index (χ3n) is 4.51. The number of hydrogen-bond donors (Lipinski definition) is 2. The van der Waals surface area contributed by atoms with Crippen molar-refractivity contribution in [1.29, 1.82) is 0 Å². The highest BCUT2D eigenvalue weighted by Gasteiger charge is 2.35. The number of sulfone groups is 1. The number of carbonyl (C=O) groups is 2. The lowest BCUT2D eigenvalue weighted by Gasteiger charge is -2.38. The number of nitrogens with zero attached hydrogens (tertiary/aromatic N) is 4. The highest BCUT2D eigenvalue weighted by Crippen LogP contribution is 2.38. The number of anilines is 2. The van der Waals surface area contributed by atoms with Crippen LogP contribution in [0.15, 0.2) is 30.6 Å². The van der Waals surface area contributed by atoms with Gasteiger partial charge in [0.05, 0.1) is 42.5 Å². The van der Waals surface area contributed by atoms with Gasteiger partial charge in [0.1, 0.15) is 9.84 Å². The number of carboxylic acid groups (broad SMARTS) is 2. The van der Waals surface area contributed by atoms with E-state index in [1.54, 1.807) is 37.5 Å². The van der Waals surface area contributed by atoms with Gasteiger partial charge in [-0.25, -0.2) is 18.0 Å². The summed E-state index contributed by atoms with van der Waals surface area (Å²) in [7, 11) is -3.12. The lowest BCUT2D eigenvalue weighted by atomic mass is 10.0. The normalized spacial score (nSPS) is 16.7. The summed E-state index contributed by atoms with van der Waals surface area (Å²) in [4.78, 5) is 25.5. The van der Waals surface area contributed by atoms with E-state index in [0.29, 0.717) is 16.8 Å². The van der Waals surface area contributed by atoms with Crippen molar-refractivity contribution in [2.75, 3.05) is 28.4 Å². The van der Waals surface area contributed by atoms with Crippen LogP contribution in [0.3, 0.4) is 0 Å². The molecule has 11 heteroatoms. The number of amides is 2. The summed E-state index contributed by atoms with van der Waals surface area (Å²) >= 11 is 0. The van der Waals surface area contributed by atoms with Crippen LogP contribution in [0, 0.1) is 0 Å². The molecule has 1 atom stereocenters. The summed E-state index contributed by atoms with van der Waals surface area (Å²) < 4.78 is 24.1. The Labute approximate surface area is 161 Å². The Morgan fingerprint density at radius 2 is 1.89 bits per heavy atom. The van der Waals surface area contributed by atoms with Crippen LogP contribution in [0.4, 0.5) is 21.0 Å². The molecule has 0 radical (unpaired) electrons. The molecule has 150 valence electrons. The van der Waals surface area contributed by atoms with Crippen LogP contribution < -0.4 is 9.80 Å². The second-order valence-electron chi connectivity index (χ2n) is 6.72. The summed E-state index contributed by atoms with van der Waals surface area (Å²) in [6.45, 7) is 1.87. The number of fused-ring (bicyclic) bond motifs is 1. The molecule has 3 rings (SSSR count). The molecule has 0 fully saturated rings. The minimum atomic E-state index is -3.12. The molecular formula is C17H20N4O6S. The van der Waals surface area contributed by atoms with Gasteiger partial charge >= 0.3 is 12.2 Å². The lowest BCUT2D eigenvalue weighted by molar-refractivity contribution is 0.194. The molecule has 28 heavy (non-hydrogen) atoms.